The van der Waals surface area contributed by atoms with Gasteiger partial charge in [0.25, 0.3) is 0 Å². The standard InChI is InChI=1S/C17H35NO/c1-3-5-7-8-9-10-11-12-13-15-17(16-18-19)14-6-4-2/h17H,3-16H2,1-2H3. The molecule has 0 aromatic heterocycles. The van der Waals surface area contributed by atoms with Gasteiger partial charge in [-0.15, -0.1) is 0 Å². The van der Waals surface area contributed by atoms with Crippen molar-refractivity contribution < 1.29 is 0 Å². The largest absolute Gasteiger partial charge is 0.151 e. The molecule has 1 unspecified atom stereocenters. The predicted molar refractivity (Wildman–Crippen MR) is 85.5 cm³/mol. The molecule has 0 aromatic rings. The molecule has 0 spiro atoms. The normalized spacial score (nSPS) is 12.5. The summed E-state index contributed by atoms with van der Waals surface area (Å²) in [5, 5.41) is 3.10. The second-order valence-electron chi connectivity index (χ2n) is 5.94. The van der Waals surface area contributed by atoms with Gasteiger partial charge in [0.1, 0.15) is 0 Å². The summed E-state index contributed by atoms with van der Waals surface area (Å²) in [4.78, 5) is 10.4. The van der Waals surface area contributed by atoms with Crippen LogP contribution in [0.15, 0.2) is 5.18 Å². The Morgan fingerprint density at radius 2 is 1.16 bits per heavy atom. The number of hydrogen-bond donors (Lipinski definition) is 0. The Kier molecular flexibility index (Phi) is 15.3. The SMILES string of the molecule is CCCCCCCCCCCC(CCCC)CN=O. The van der Waals surface area contributed by atoms with Gasteiger partial charge in [-0.1, -0.05) is 89.7 Å². The van der Waals surface area contributed by atoms with Gasteiger partial charge in [-0.2, -0.15) is 4.91 Å². The molecular formula is C17H35NO. The molecule has 19 heavy (non-hydrogen) atoms. The fourth-order valence-electron chi connectivity index (χ4n) is 2.67. The summed E-state index contributed by atoms with van der Waals surface area (Å²) in [6.45, 7) is 5.02. The van der Waals surface area contributed by atoms with E-state index in [0.29, 0.717) is 12.5 Å². The number of nitroso groups, excluding NO2 is 1. The molecule has 0 aliphatic rings. The molecule has 2 nitrogen and oxygen atoms in total. The molecule has 0 fully saturated rings. The summed E-state index contributed by atoms with van der Waals surface area (Å²) in [7, 11) is 0. The molecule has 0 saturated carbocycles. The first-order valence-corrected chi connectivity index (χ1v) is 8.64. The number of nitrogens with zero attached hydrogens (tertiary/aromatic N) is 1. The highest BCUT2D eigenvalue weighted by Crippen LogP contribution is 2.18. The van der Waals surface area contributed by atoms with Crippen molar-refractivity contribution >= 4 is 0 Å². The van der Waals surface area contributed by atoms with Crippen LogP contribution in [0.4, 0.5) is 0 Å². The van der Waals surface area contributed by atoms with Crippen LogP contribution in [0.25, 0.3) is 0 Å². The number of unbranched alkanes of at least 4 members (excludes halogenated alkanes) is 9. The first kappa shape index (κ1) is 18.6. The molecule has 0 rings (SSSR count). The smallest absolute Gasteiger partial charge is 0.0839 e. The summed E-state index contributed by atoms with van der Waals surface area (Å²) in [6.07, 6.45) is 17.3. The third-order valence-corrected chi connectivity index (χ3v) is 4.01. The minimum absolute atomic E-state index is 0.539. The molecule has 0 amide bonds. The van der Waals surface area contributed by atoms with Crippen LogP contribution in [-0.2, 0) is 0 Å². The molecule has 114 valence electrons. The van der Waals surface area contributed by atoms with E-state index in [4.69, 9.17) is 0 Å². The molecule has 2 heteroatoms. The zero-order chi connectivity index (χ0) is 14.2. The van der Waals surface area contributed by atoms with E-state index in [-0.39, 0.29) is 0 Å². The average molecular weight is 269 g/mol. The first-order chi connectivity index (χ1) is 9.35. The monoisotopic (exact) mass is 269 g/mol. The van der Waals surface area contributed by atoms with Gasteiger partial charge in [-0.3, -0.25) is 0 Å². The van der Waals surface area contributed by atoms with Crippen molar-refractivity contribution in [3.63, 3.8) is 0 Å². The lowest BCUT2D eigenvalue weighted by molar-refractivity contribution is 0.418. The van der Waals surface area contributed by atoms with E-state index >= 15 is 0 Å². The summed E-state index contributed by atoms with van der Waals surface area (Å²) in [5.74, 6) is 0.557. The first-order valence-electron chi connectivity index (χ1n) is 8.64. The topological polar surface area (TPSA) is 29.4 Å². The Hall–Kier alpha value is -0.400. The molecule has 0 bridgehead atoms. The minimum Gasteiger partial charge on any atom is -0.151 e. The van der Waals surface area contributed by atoms with Crippen molar-refractivity contribution in [1.82, 2.24) is 0 Å². The van der Waals surface area contributed by atoms with Gasteiger partial charge in [0.05, 0.1) is 6.54 Å². The molecular weight excluding hydrogens is 234 g/mol. The second kappa shape index (κ2) is 15.7. The van der Waals surface area contributed by atoms with Gasteiger partial charge in [0.2, 0.25) is 0 Å². The molecule has 1 atom stereocenters. The van der Waals surface area contributed by atoms with Crippen molar-refractivity contribution in [3.8, 4) is 0 Å². The Labute approximate surface area is 120 Å². The van der Waals surface area contributed by atoms with E-state index in [1.807, 2.05) is 0 Å². The fourth-order valence-corrected chi connectivity index (χ4v) is 2.67. The summed E-state index contributed by atoms with van der Waals surface area (Å²) in [5.41, 5.74) is 0. The highest BCUT2D eigenvalue weighted by atomic mass is 16.3. The van der Waals surface area contributed by atoms with Gasteiger partial charge in [0, 0.05) is 0 Å². The highest BCUT2D eigenvalue weighted by molar-refractivity contribution is 4.62. The Bertz CT molecular complexity index is 182. The van der Waals surface area contributed by atoms with E-state index in [1.165, 1.54) is 83.5 Å². The van der Waals surface area contributed by atoms with Gasteiger partial charge in [0.15, 0.2) is 0 Å². The van der Waals surface area contributed by atoms with Crippen molar-refractivity contribution in [1.29, 1.82) is 0 Å². The molecule has 0 aliphatic heterocycles. The third-order valence-electron chi connectivity index (χ3n) is 4.01. The van der Waals surface area contributed by atoms with Crippen molar-refractivity contribution in [3.05, 3.63) is 4.91 Å². The van der Waals surface area contributed by atoms with E-state index < -0.39 is 0 Å². The molecule has 0 saturated heterocycles. The Morgan fingerprint density at radius 3 is 1.68 bits per heavy atom. The molecule has 0 N–H and O–H groups in total. The summed E-state index contributed by atoms with van der Waals surface area (Å²) in [6, 6.07) is 0. The van der Waals surface area contributed by atoms with Gasteiger partial charge >= 0.3 is 0 Å². The van der Waals surface area contributed by atoms with E-state index in [2.05, 4.69) is 19.0 Å². The fraction of sp³-hybridized carbons (Fsp3) is 1.00. The van der Waals surface area contributed by atoms with E-state index in [1.54, 1.807) is 0 Å². The maximum absolute atomic E-state index is 10.4. The highest BCUT2D eigenvalue weighted by Gasteiger charge is 2.07. The molecule has 0 aliphatic carbocycles. The lowest BCUT2D eigenvalue weighted by Gasteiger charge is -2.12. The zero-order valence-corrected chi connectivity index (χ0v) is 13.3. The quantitative estimate of drug-likeness (QED) is 0.247. The maximum atomic E-state index is 10.4. The zero-order valence-electron chi connectivity index (χ0n) is 13.3. The van der Waals surface area contributed by atoms with Gasteiger partial charge < -0.3 is 0 Å². The lowest BCUT2D eigenvalue weighted by Crippen LogP contribution is -2.04. The lowest BCUT2D eigenvalue weighted by atomic mass is 9.95. The van der Waals surface area contributed by atoms with Crippen LogP contribution in [0.2, 0.25) is 0 Å². The third kappa shape index (κ3) is 13.8. The van der Waals surface area contributed by atoms with Crippen LogP contribution in [0.1, 0.15) is 97.3 Å². The van der Waals surface area contributed by atoms with Crippen LogP contribution in [0, 0.1) is 10.8 Å². The number of rotatable bonds is 15. The van der Waals surface area contributed by atoms with Crippen molar-refractivity contribution in [2.45, 2.75) is 97.3 Å². The van der Waals surface area contributed by atoms with Crippen LogP contribution in [0.5, 0.6) is 0 Å². The van der Waals surface area contributed by atoms with Crippen LogP contribution >= 0.6 is 0 Å². The van der Waals surface area contributed by atoms with Crippen LogP contribution in [0.3, 0.4) is 0 Å². The summed E-state index contributed by atoms with van der Waals surface area (Å²) < 4.78 is 0. The van der Waals surface area contributed by atoms with Crippen molar-refractivity contribution in [2.24, 2.45) is 11.1 Å². The van der Waals surface area contributed by atoms with Gasteiger partial charge in [-0.25, -0.2) is 0 Å². The maximum Gasteiger partial charge on any atom is 0.0839 e. The predicted octanol–water partition coefficient (Wildman–Crippen LogP) is 6.48. The second-order valence-corrected chi connectivity index (χ2v) is 5.94. The van der Waals surface area contributed by atoms with Crippen LogP contribution < -0.4 is 0 Å². The van der Waals surface area contributed by atoms with Crippen LogP contribution in [-0.4, -0.2) is 6.54 Å². The number of hydrogen-bond acceptors (Lipinski definition) is 2. The molecule has 0 aromatic carbocycles. The van der Waals surface area contributed by atoms with Gasteiger partial charge in [-0.05, 0) is 18.8 Å². The van der Waals surface area contributed by atoms with E-state index in [0.717, 1.165) is 0 Å². The molecule has 0 radical (unpaired) electrons. The Balaban J connectivity index is 3.31. The Morgan fingerprint density at radius 1 is 0.684 bits per heavy atom. The van der Waals surface area contributed by atoms with Crippen molar-refractivity contribution in [2.75, 3.05) is 6.54 Å². The minimum atomic E-state index is 0.539. The molecule has 0 heterocycles. The summed E-state index contributed by atoms with van der Waals surface area (Å²) >= 11 is 0. The average Bonchev–Trinajstić information content (AvgIpc) is 2.42. The van der Waals surface area contributed by atoms with E-state index in [9.17, 15) is 4.91 Å².